The summed E-state index contributed by atoms with van der Waals surface area (Å²) in [5, 5.41) is 14.0. The minimum atomic E-state index is -0.740. The Bertz CT molecular complexity index is 241. The maximum Gasteiger partial charge on any atom is 0.215 e. The van der Waals surface area contributed by atoms with Crippen LogP contribution >= 0.6 is 0 Å². The predicted octanol–water partition coefficient (Wildman–Crippen LogP) is 2.28. The van der Waals surface area contributed by atoms with Crippen LogP contribution in [0.25, 0.3) is 10.4 Å². The molecule has 0 aromatic rings. The lowest BCUT2D eigenvalue weighted by Gasteiger charge is -2.28. The maximum absolute atomic E-state index is 10.4. The number of nitrogens with zero attached hydrogens (tertiary/aromatic N) is 4. The van der Waals surface area contributed by atoms with E-state index in [9.17, 15) is 10.1 Å². The molecule has 0 atom stereocenters. The zero-order valence-corrected chi connectivity index (χ0v) is 7.35. The van der Waals surface area contributed by atoms with Gasteiger partial charge < -0.3 is 0 Å². The molecule has 0 spiro atoms. The fourth-order valence-corrected chi connectivity index (χ4v) is 1.83. The van der Waals surface area contributed by atoms with Crippen molar-refractivity contribution >= 4 is 0 Å². The molecule has 0 bridgehead atoms. The fourth-order valence-electron chi connectivity index (χ4n) is 1.83. The molecule has 0 unspecified atom stereocenters. The van der Waals surface area contributed by atoms with Crippen molar-refractivity contribution < 1.29 is 4.92 Å². The van der Waals surface area contributed by atoms with E-state index in [0.29, 0.717) is 12.8 Å². The van der Waals surface area contributed by atoms with Crippen molar-refractivity contribution in [3.05, 3.63) is 20.6 Å². The highest BCUT2D eigenvalue weighted by Crippen LogP contribution is 2.31. The van der Waals surface area contributed by atoms with Gasteiger partial charge in [-0.05, 0) is 18.4 Å². The van der Waals surface area contributed by atoms with E-state index in [-0.39, 0.29) is 11.5 Å². The number of azide groups is 1. The van der Waals surface area contributed by atoms with Gasteiger partial charge in [-0.1, -0.05) is 24.4 Å². The molecule has 1 aliphatic carbocycles. The molecule has 0 saturated heterocycles. The molecule has 0 aromatic carbocycles. The smallest absolute Gasteiger partial charge is 0.215 e. The summed E-state index contributed by atoms with van der Waals surface area (Å²) in [6, 6.07) is 0. The molecule has 1 aliphatic rings. The van der Waals surface area contributed by atoms with Crippen LogP contribution in [0.5, 0.6) is 0 Å². The SMILES string of the molecule is [N-]=[N+]=NC1(C[N+](=O)[O-])CCCCC1. The van der Waals surface area contributed by atoms with Crippen LogP contribution in [-0.4, -0.2) is 17.0 Å². The largest absolute Gasteiger partial charge is 0.265 e. The highest BCUT2D eigenvalue weighted by molar-refractivity contribution is 4.90. The quantitative estimate of drug-likeness (QED) is 0.221. The van der Waals surface area contributed by atoms with Gasteiger partial charge in [-0.25, -0.2) is 0 Å². The summed E-state index contributed by atoms with van der Waals surface area (Å²) in [4.78, 5) is 12.7. The first-order valence-corrected chi connectivity index (χ1v) is 4.37. The van der Waals surface area contributed by atoms with Crippen LogP contribution in [0.1, 0.15) is 32.1 Å². The van der Waals surface area contributed by atoms with Gasteiger partial charge in [0.05, 0.1) is 0 Å². The van der Waals surface area contributed by atoms with Gasteiger partial charge in [0.15, 0.2) is 0 Å². The Kier molecular flexibility index (Phi) is 3.08. The minimum absolute atomic E-state index is 0.225. The lowest BCUT2D eigenvalue weighted by atomic mass is 9.82. The van der Waals surface area contributed by atoms with E-state index < -0.39 is 5.54 Å². The summed E-state index contributed by atoms with van der Waals surface area (Å²) >= 11 is 0. The van der Waals surface area contributed by atoms with E-state index in [2.05, 4.69) is 10.0 Å². The van der Waals surface area contributed by atoms with Crippen LogP contribution in [0.15, 0.2) is 5.11 Å². The van der Waals surface area contributed by atoms with E-state index in [1.165, 1.54) is 0 Å². The Balaban J connectivity index is 2.72. The zero-order valence-electron chi connectivity index (χ0n) is 7.35. The van der Waals surface area contributed by atoms with Gasteiger partial charge in [0, 0.05) is 9.84 Å². The molecule has 6 heteroatoms. The normalized spacial score (nSPS) is 20.3. The maximum atomic E-state index is 10.4. The standard InChI is InChI=1S/C7H12N4O2/c8-10-9-7(6-11(12)13)4-2-1-3-5-7/h1-6H2. The molecule has 1 fully saturated rings. The highest BCUT2D eigenvalue weighted by atomic mass is 16.6. The van der Waals surface area contributed by atoms with Crippen molar-refractivity contribution in [3.8, 4) is 0 Å². The summed E-state index contributed by atoms with van der Waals surface area (Å²) in [5.74, 6) is 0. The van der Waals surface area contributed by atoms with Gasteiger partial charge >= 0.3 is 0 Å². The molecule has 0 amide bonds. The molecular weight excluding hydrogens is 172 g/mol. The Labute approximate surface area is 75.7 Å². The fraction of sp³-hybridized carbons (Fsp3) is 1.00. The molecule has 1 rings (SSSR count). The number of hydrogen-bond donors (Lipinski definition) is 0. The van der Waals surface area contributed by atoms with Gasteiger partial charge in [0.1, 0.15) is 5.54 Å². The second-order valence-electron chi connectivity index (χ2n) is 3.47. The van der Waals surface area contributed by atoms with Crippen LogP contribution in [0, 0.1) is 10.1 Å². The van der Waals surface area contributed by atoms with Crippen molar-refractivity contribution in [1.29, 1.82) is 0 Å². The van der Waals surface area contributed by atoms with Gasteiger partial charge in [-0.3, -0.25) is 10.1 Å². The van der Waals surface area contributed by atoms with Gasteiger partial charge in [-0.15, -0.1) is 0 Å². The first kappa shape index (κ1) is 9.80. The molecule has 72 valence electrons. The second kappa shape index (κ2) is 4.09. The molecule has 0 radical (unpaired) electrons. The van der Waals surface area contributed by atoms with E-state index in [1.54, 1.807) is 0 Å². The summed E-state index contributed by atoms with van der Waals surface area (Å²) in [6.07, 6.45) is 4.23. The molecule has 0 heterocycles. The number of rotatable bonds is 3. The lowest BCUT2D eigenvalue weighted by Crippen LogP contribution is -2.36. The third-order valence-electron chi connectivity index (χ3n) is 2.46. The molecule has 0 N–H and O–H groups in total. The van der Waals surface area contributed by atoms with Crippen molar-refractivity contribution in [3.63, 3.8) is 0 Å². The Morgan fingerprint density at radius 3 is 2.54 bits per heavy atom. The zero-order chi connectivity index (χ0) is 9.73. The average Bonchev–Trinajstić information content (AvgIpc) is 2.04. The summed E-state index contributed by atoms with van der Waals surface area (Å²) in [6.45, 7) is -0.225. The van der Waals surface area contributed by atoms with Gasteiger partial charge in [0.2, 0.25) is 6.54 Å². The van der Waals surface area contributed by atoms with Crippen LogP contribution in [0.2, 0.25) is 0 Å². The lowest BCUT2D eigenvalue weighted by molar-refractivity contribution is -0.490. The molecule has 0 aromatic heterocycles. The van der Waals surface area contributed by atoms with Crippen LogP contribution in [0.3, 0.4) is 0 Å². The Morgan fingerprint density at radius 1 is 1.46 bits per heavy atom. The minimum Gasteiger partial charge on any atom is -0.265 e. The van der Waals surface area contributed by atoms with E-state index in [1.807, 2.05) is 0 Å². The highest BCUT2D eigenvalue weighted by Gasteiger charge is 2.36. The van der Waals surface area contributed by atoms with Crippen molar-refractivity contribution in [1.82, 2.24) is 0 Å². The Morgan fingerprint density at radius 2 is 2.08 bits per heavy atom. The Hall–Kier alpha value is -1.29. The van der Waals surface area contributed by atoms with Crippen molar-refractivity contribution in [2.24, 2.45) is 5.11 Å². The summed E-state index contributed by atoms with van der Waals surface area (Å²) in [7, 11) is 0. The van der Waals surface area contributed by atoms with Gasteiger partial charge in [-0.2, -0.15) is 0 Å². The molecule has 1 saturated carbocycles. The van der Waals surface area contributed by atoms with E-state index >= 15 is 0 Å². The van der Waals surface area contributed by atoms with E-state index in [4.69, 9.17) is 5.53 Å². The third kappa shape index (κ3) is 2.59. The molecule has 0 aliphatic heterocycles. The first-order valence-electron chi connectivity index (χ1n) is 4.37. The average molecular weight is 184 g/mol. The molecule has 13 heavy (non-hydrogen) atoms. The second-order valence-corrected chi connectivity index (χ2v) is 3.47. The van der Waals surface area contributed by atoms with Crippen LogP contribution in [0.4, 0.5) is 0 Å². The molecule has 6 nitrogen and oxygen atoms in total. The topological polar surface area (TPSA) is 91.9 Å². The van der Waals surface area contributed by atoms with Crippen molar-refractivity contribution in [2.45, 2.75) is 37.6 Å². The van der Waals surface area contributed by atoms with Crippen LogP contribution < -0.4 is 0 Å². The number of nitro groups is 1. The number of hydrogen-bond acceptors (Lipinski definition) is 3. The first-order chi connectivity index (χ1) is 6.18. The summed E-state index contributed by atoms with van der Waals surface area (Å²) in [5.41, 5.74) is 7.59. The van der Waals surface area contributed by atoms with Crippen molar-refractivity contribution in [2.75, 3.05) is 6.54 Å². The predicted molar refractivity (Wildman–Crippen MR) is 46.8 cm³/mol. The van der Waals surface area contributed by atoms with Gasteiger partial charge in [0.25, 0.3) is 0 Å². The third-order valence-corrected chi connectivity index (χ3v) is 2.46. The summed E-state index contributed by atoms with van der Waals surface area (Å²) < 4.78 is 0. The monoisotopic (exact) mass is 184 g/mol. The molecular formula is C7H12N4O2. The van der Waals surface area contributed by atoms with E-state index in [0.717, 1.165) is 19.3 Å². The van der Waals surface area contributed by atoms with Crippen LogP contribution in [-0.2, 0) is 0 Å².